The molecule has 2 rings (SSSR count). The summed E-state index contributed by atoms with van der Waals surface area (Å²) in [5.74, 6) is -0.167. The number of nitrogens with two attached hydrogens (primary N) is 1. The predicted octanol–water partition coefficient (Wildman–Crippen LogP) is 1.14. The number of hydrogen-bond acceptors (Lipinski definition) is 4. The van der Waals surface area contributed by atoms with Crippen LogP contribution < -0.4 is 16.6 Å². The molecule has 0 heterocycles. The molecule has 0 fully saturated rings. The number of carbonyl (C=O) groups excluding carboxylic acids is 2. The maximum absolute atomic E-state index is 11.8. The SMILES string of the molecule is Nc1ccc(C(=O)NNC2=CC(=O)CCC2)cc1. The van der Waals surface area contributed by atoms with E-state index >= 15 is 0 Å². The maximum atomic E-state index is 11.8. The lowest BCUT2D eigenvalue weighted by molar-refractivity contribution is -0.115. The Bertz CT molecular complexity index is 491. The molecule has 1 aromatic rings. The molecule has 1 aromatic carbocycles. The zero-order valence-corrected chi connectivity index (χ0v) is 9.90. The third-order valence-electron chi connectivity index (χ3n) is 2.71. The van der Waals surface area contributed by atoms with Crippen LogP contribution in [0.5, 0.6) is 0 Å². The van der Waals surface area contributed by atoms with E-state index in [1.807, 2.05) is 0 Å². The molecule has 0 atom stereocenters. The summed E-state index contributed by atoms with van der Waals surface area (Å²) in [6.07, 6.45) is 3.70. The Morgan fingerprint density at radius 2 is 1.89 bits per heavy atom. The molecule has 5 nitrogen and oxygen atoms in total. The van der Waals surface area contributed by atoms with Crippen LogP contribution in [0.4, 0.5) is 5.69 Å². The van der Waals surface area contributed by atoms with Crippen molar-refractivity contribution in [3.63, 3.8) is 0 Å². The van der Waals surface area contributed by atoms with E-state index in [4.69, 9.17) is 5.73 Å². The van der Waals surface area contributed by atoms with Gasteiger partial charge < -0.3 is 11.2 Å². The number of nitrogens with one attached hydrogen (secondary N) is 2. The van der Waals surface area contributed by atoms with E-state index in [0.29, 0.717) is 17.7 Å². The van der Waals surface area contributed by atoms with Crippen molar-refractivity contribution in [2.24, 2.45) is 0 Å². The third-order valence-corrected chi connectivity index (χ3v) is 2.71. The average molecular weight is 245 g/mol. The van der Waals surface area contributed by atoms with Crippen molar-refractivity contribution in [3.05, 3.63) is 41.6 Å². The second-order valence-electron chi connectivity index (χ2n) is 4.19. The minimum absolute atomic E-state index is 0.0884. The first-order valence-electron chi connectivity index (χ1n) is 5.80. The quantitative estimate of drug-likeness (QED) is 0.550. The van der Waals surface area contributed by atoms with Crippen molar-refractivity contribution < 1.29 is 9.59 Å². The van der Waals surface area contributed by atoms with E-state index in [0.717, 1.165) is 18.5 Å². The second kappa shape index (κ2) is 5.35. The van der Waals surface area contributed by atoms with Gasteiger partial charge in [-0.05, 0) is 37.1 Å². The largest absolute Gasteiger partial charge is 0.399 e. The fourth-order valence-electron chi connectivity index (χ4n) is 1.73. The number of nitrogen functional groups attached to an aromatic ring is 1. The van der Waals surface area contributed by atoms with Crippen LogP contribution in [0, 0.1) is 0 Å². The van der Waals surface area contributed by atoms with E-state index in [1.165, 1.54) is 6.08 Å². The second-order valence-corrected chi connectivity index (χ2v) is 4.19. The van der Waals surface area contributed by atoms with Gasteiger partial charge in [-0.2, -0.15) is 0 Å². The van der Waals surface area contributed by atoms with Gasteiger partial charge in [-0.1, -0.05) is 0 Å². The molecule has 18 heavy (non-hydrogen) atoms. The van der Waals surface area contributed by atoms with Crippen molar-refractivity contribution in [3.8, 4) is 0 Å². The van der Waals surface area contributed by atoms with Gasteiger partial charge in [0.25, 0.3) is 5.91 Å². The van der Waals surface area contributed by atoms with E-state index in [9.17, 15) is 9.59 Å². The van der Waals surface area contributed by atoms with Crippen molar-refractivity contribution in [2.75, 3.05) is 5.73 Å². The number of hydrazine groups is 1. The number of amides is 1. The van der Waals surface area contributed by atoms with Crippen LogP contribution in [0.15, 0.2) is 36.0 Å². The van der Waals surface area contributed by atoms with Gasteiger partial charge in [0.1, 0.15) is 0 Å². The smallest absolute Gasteiger partial charge is 0.269 e. The molecule has 1 amide bonds. The first-order chi connectivity index (χ1) is 8.65. The minimum Gasteiger partial charge on any atom is -0.399 e. The zero-order chi connectivity index (χ0) is 13.0. The van der Waals surface area contributed by atoms with Gasteiger partial charge in [-0.25, -0.2) is 0 Å². The zero-order valence-electron chi connectivity index (χ0n) is 9.90. The highest BCUT2D eigenvalue weighted by Gasteiger charge is 2.11. The fourth-order valence-corrected chi connectivity index (χ4v) is 1.73. The van der Waals surface area contributed by atoms with Crippen LogP contribution in [-0.2, 0) is 4.79 Å². The lowest BCUT2D eigenvalue weighted by atomic mass is 10.0. The standard InChI is InChI=1S/C13H15N3O2/c14-10-6-4-9(5-7-10)13(18)16-15-11-2-1-3-12(17)8-11/h4-8,15H,1-3,14H2,(H,16,18). The third kappa shape index (κ3) is 3.10. The number of hydrogen-bond donors (Lipinski definition) is 3. The Morgan fingerprint density at radius 1 is 1.17 bits per heavy atom. The van der Waals surface area contributed by atoms with Crippen LogP contribution >= 0.6 is 0 Å². The number of anilines is 1. The highest BCUT2D eigenvalue weighted by molar-refractivity contribution is 5.94. The Hall–Kier alpha value is -2.30. The molecule has 94 valence electrons. The van der Waals surface area contributed by atoms with Crippen molar-refractivity contribution in [1.29, 1.82) is 0 Å². The van der Waals surface area contributed by atoms with E-state index < -0.39 is 0 Å². The lowest BCUT2D eigenvalue weighted by Crippen LogP contribution is -2.37. The molecule has 1 aliphatic rings. The van der Waals surface area contributed by atoms with Crippen LogP contribution in [0.1, 0.15) is 29.6 Å². The summed E-state index contributed by atoms with van der Waals surface area (Å²) < 4.78 is 0. The lowest BCUT2D eigenvalue weighted by Gasteiger charge is -2.15. The summed E-state index contributed by atoms with van der Waals surface area (Å²) in [5.41, 5.74) is 12.7. The molecule has 0 spiro atoms. The number of benzene rings is 1. The summed E-state index contributed by atoms with van der Waals surface area (Å²) in [5, 5.41) is 0. The summed E-state index contributed by atoms with van der Waals surface area (Å²) >= 11 is 0. The molecule has 1 aliphatic carbocycles. The van der Waals surface area contributed by atoms with Crippen LogP contribution in [0.2, 0.25) is 0 Å². The van der Waals surface area contributed by atoms with E-state index in [-0.39, 0.29) is 11.7 Å². The predicted molar refractivity (Wildman–Crippen MR) is 68.4 cm³/mol. The van der Waals surface area contributed by atoms with Gasteiger partial charge in [0.05, 0.1) is 0 Å². The highest BCUT2D eigenvalue weighted by atomic mass is 16.2. The minimum atomic E-state index is -0.256. The Labute approximate surface area is 105 Å². The Kier molecular flexibility index (Phi) is 3.62. The van der Waals surface area contributed by atoms with Gasteiger partial charge in [-0.3, -0.25) is 15.0 Å². The van der Waals surface area contributed by atoms with Crippen molar-refractivity contribution in [1.82, 2.24) is 10.9 Å². The maximum Gasteiger partial charge on any atom is 0.269 e. The van der Waals surface area contributed by atoms with Crippen LogP contribution in [-0.4, -0.2) is 11.7 Å². The topological polar surface area (TPSA) is 84.2 Å². The van der Waals surface area contributed by atoms with Gasteiger partial charge in [0.2, 0.25) is 0 Å². The molecular weight excluding hydrogens is 230 g/mol. The van der Waals surface area contributed by atoms with Gasteiger partial charge in [0.15, 0.2) is 5.78 Å². The average Bonchev–Trinajstić information content (AvgIpc) is 2.37. The molecule has 0 aromatic heterocycles. The van der Waals surface area contributed by atoms with Gasteiger partial charge in [-0.15, -0.1) is 0 Å². The molecule has 0 bridgehead atoms. The van der Waals surface area contributed by atoms with Crippen molar-refractivity contribution >= 4 is 17.4 Å². The fraction of sp³-hybridized carbons (Fsp3) is 0.231. The monoisotopic (exact) mass is 245 g/mol. The summed E-state index contributed by atoms with van der Waals surface area (Å²) in [7, 11) is 0. The number of allylic oxidation sites excluding steroid dienone is 2. The molecule has 0 radical (unpaired) electrons. The molecule has 0 aliphatic heterocycles. The molecular formula is C13H15N3O2. The van der Waals surface area contributed by atoms with Gasteiger partial charge >= 0.3 is 0 Å². The van der Waals surface area contributed by atoms with E-state index in [2.05, 4.69) is 10.9 Å². The Morgan fingerprint density at radius 3 is 2.56 bits per heavy atom. The molecule has 4 N–H and O–H groups in total. The Balaban J connectivity index is 1.92. The summed E-state index contributed by atoms with van der Waals surface area (Å²) in [6.45, 7) is 0. The van der Waals surface area contributed by atoms with Crippen LogP contribution in [0.25, 0.3) is 0 Å². The first-order valence-corrected chi connectivity index (χ1v) is 5.80. The highest BCUT2D eigenvalue weighted by Crippen LogP contribution is 2.11. The van der Waals surface area contributed by atoms with Gasteiger partial charge in [0, 0.05) is 29.4 Å². The number of ketones is 1. The van der Waals surface area contributed by atoms with Crippen LogP contribution in [0.3, 0.4) is 0 Å². The molecule has 0 saturated heterocycles. The van der Waals surface area contributed by atoms with Crippen molar-refractivity contribution in [2.45, 2.75) is 19.3 Å². The number of rotatable bonds is 3. The first kappa shape index (κ1) is 12.2. The van der Waals surface area contributed by atoms with E-state index in [1.54, 1.807) is 24.3 Å². The molecule has 0 unspecified atom stereocenters. The summed E-state index contributed by atoms with van der Waals surface area (Å²) in [4.78, 5) is 22.9. The summed E-state index contributed by atoms with van der Waals surface area (Å²) in [6, 6.07) is 6.62. The number of carbonyl (C=O) groups is 2. The molecule has 5 heteroatoms. The normalized spacial score (nSPS) is 14.9. The molecule has 0 saturated carbocycles.